The predicted octanol–water partition coefficient (Wildman–Crippen LogP) is 4.53. The summed E-state index contributed by atoms with van der Waals surface area (Å²) in [5.74, 6) is 2.10. The van der Waals surface area contributed by atoms with Crippen molar-refractivity contribution in [2.24, 2.45) is 0 Å². The molecule has 0 spiro atoms. The molecule has 0 aliphatic heterocycles. The second-order valence-corrected chi connectivity index (χ2v) is 5.44. The third-order valence-electron chi connectivity index (χ3n) is 3.05. The van der Waals surface area contributed by atoms with Crippen molar-refractivity contribution >= 4 is 11.3 Å². The molecule has 2 nitrogen and oxygen atoms in total. The topological polar surface area (TPSA) is 25.2 Å². The van der Waals surface area contributed by atoms with Crippen LogP contribution in [0.2, 0.25) is 0 Å². The lowest BCUT2D eigenvalue weighted by molar-refractivity contribution is 0.419. The fourth-order valence-electron chi connectivity index (χ4n) is 2.05. The van der Waals surface area contributed by atoms with Gasteiger partial charge >= 0.3 is 0 Å². The highest BCUT2D eigenvalue weighted by atomic mass is 32.1. The van der Waals surface area contributed by atoms with Gasteiger partial charge in [0.15, 0.2) is 0 Å². The molecule has 1 unspecified atom stereocenters. The van der Waals surface area contributed by atoms with Gasteiger partial charge in [-0.25, -0.2) is 0 Å². The van der Waals surface area contributed by atoms with E-state index in [0.29, 0.717) is 6.04 Å². The normalized spacial score (nSPS) is 12.8. The zero-order valence-electron chi connectivity index (χ0n) is 11.1. The van der Waals surface area contributed by atoms with Crippen molar-refractivity contribution in [2.75, 3.05) is 0 Å². The van der Waals surface area contributed by atoms with Crippen LogP contribution >= 0.6 is 11.3 Å². The second kappa shape index (κ2) is 6.76. The minimum Gasteiger partial charge on any atom is -0.465 e. The van der Waals surface area contributed by atoms with E-state index in [0.717, 1.165) is 24.5 Å². The van der Waals surface area contributed by atoms with Crippen LogP contribution in [0.5, 0.6) is 0 Å². The lowest BCUT2D eigenvalue weighted by atomic mass is 10.1. The summed E-state index contributed by atoms with van der Waals surface area (Å²) in [6.07, 6.45) is 3.32. The monoisotopic (exact) mass is 263 g/mol. The molecule has 0 aromatic carbocycles. The first kappa shape index (κ1) is 13.4. The van der Waals surface area contributed by atoms with E-state index < -0.39 is 0 Å². The zero-order valence-corrected chi connectivity index (χ0v) is 11.9. The molecule has 2 aromatic heterocycles. The van der Waals surface area contributed by atoms with Crippen LogP contribution in [0.25, 0.3) is 0 Å². The summed E-state index contributed by atoms with van der Waals surface area (Å²) < 4.78 is 5.72. The summed E-state index contributed by atoms with van der Waals surface area (Å²) in [6.45, 7) is 5.15. The first-order valence-corrected chi connectivity index (χ1v) is 7.55. The summed E-state index contributed by atoms with van der Waals surface area (Å²) in [5, 5.41) is 5.73. The summed E-state index contributed by atoms with van der Waals surface area (Å²) in [7, 11) is 0. The fraction of sp³-hybridized carbons (Fsp3) is 0.467. The van der Waals surface area contributed by atoms with Crippen LogP contribution in [0, 0.1) is 0 Å². The highest BCUT2D eigenvalue weighted by Crippen LogP contribution is 2.23. The first-order chi connectivity index (χ1) is 8.83. The van der Waals surface area contributed by atoms with Gasteiger partial charge < -0.3 is 9.73 Å². The molecular formula is C15H21NOS. The van der Waals surface area contributed by atoms with E-state index in [1.807, 2.05) is 11.3 Å². The highest BCUT2D eigenvalue weighted by Gasteiger charge is 2.11. The average molecular weight is 263 g/mol. The van der Waals surface area contributed by atoms with Crippen molar-refractivity contribution in [1.29, 1.82) is 0 Å². The maximum Gasteiger partial charge on any atom is 0.117 e. The van der Waals surface area contributed by atoms with Crippen molar-refractivity contribution in [3.05, 3.63) is 46.0 Å². The Hall–Kier alpha value is -1.06. The average Bonchev–Trinajstić information content (AvgIpc) is 3.05. The molecular weight excluding hydrogens is 242 g/mol. The van der Waals surface area contributed by atoms with E-state index in [-0.39, 0.29) is 0 Å². The first-order valence-electron chi connectivity index (χ1n) is 6.67. The minimum absolute atomic E-state index is 0.449. The maximum absolute atomic E-state index is 5.72. The van der Waals surface area contributed by atoms with Gasteiger partial charge in [-0.2, -0.15) is 0 Å². The molecule has 18 heavy (non-hydrogen) atoms. The lowest BCUT2D eigenvalue weighted by Gasteiger charge is -2.15. The number of hydrogen-bond acceptors (Lipinski definition) is 3. The van der Waals surface area contributed by atoms with Crippen LogP contribution in [0.15, 0.2) is 34.1 Å². The fourth-order valence-corrected chi connectivity index (χ4v) is 2.89. The van der Waals surface area contributed by atoms with Gasteiger partial charge in [-0.05, 0) is 30.0 Å². The second-order valence-electron chi connectivity index (χ2n) is 4.46. The van der Waals surface area contributed by atoms with Gasteiger partial charge in [0, 0.05) is 17.3 Å². The third kappa shape index (κ3) is 3.47. The van der Waals surface area contributed by atoms with Crippen LogP contribution in [-0.4, -0.2) is 0 Å². The molecule has 0 bridgehead atoms. The molecule has 0 fully saturated rings. The van der Waals surface area contributed by atoms with Crippen molar-refractivity contribution in [3.63, 3.8) is 0 Å². The van der Waals surface area contributed by atoms with Gasteiger partial charge in [0.25, 0.3) is 0 Å². The predicted molar refractivity (Wildman–Crippen MR) is 76.9 cm³/mol. The summed E-state index contributed by atoms with van der Waals surface area (Å²) >= 11 is 1.82. The Morgan fingerprint density at radius 3 is 2.67 bits per heavy atom. The maximum atomic E-state index is 5.72. The number of thiophene rings is 1. The smallest absolute Gasteiger partial charge is 0.117 e. The van der Waals surface area contributed by atoms with E-state index in [4.69, 9.17) is 4.42 Å². The van der Waals surface area contributed by atoms with Gasteiger partial charge in [-0.1, -0.05) is 26.3 Å². The molecule has 0 radical (unpaired) electrons. The van der Waals surface area contributed by atoms with Crippen LogP contribution in [0.3, 0.4) is 0 Å². The Morgan fingerprint density at radius 2 is 2.06 bits per heavy atom. The van der Waals surface area contributed by atoms with E-state index >= 15 is 0 Å². The Morgan fingerprint density at radius 1 is 1.22 bits per heavy atom. The molecule has 2 aromatic rings. The number of furan rings is 1. The largest absolute Gasteiger partial charge is 0.465 e. The SMILES string of the molecule is CCCC(NCc1ccc(CC)o1)c1cccs1. The number of hydrogen-bond donors (Lipinski definition) is 1. The van der Waals surface area contributed by atoms with Gasteiger partial charge in [-0.3, -0.25) is 0 Å². The highest BCUT2D eigenvalue weighted by molar-refractivity contribution is 7.10. The number of rotatable bonds is 7. The zero-order chi connectivity index (χ0) is 12.8. The van der Waals surface area contributed by atoms with Gasteiger partial charge in [-0.15, -0.1) is 11.3 Å². The van der Waals surface area contributed by atoms with Crippen molar-refractivity contribution in [2.45, 2.75) is 45.7 Å². The molecule has 1 atom stereocenters. The summed E-state index contributed by atoms with van der Waals surface area (Å²) in [6, 6.07) is 8.91. The van der Waals surface area contributed by atoms with Crippen molar-refractivity contribution in [3.8, 4) is 0 Å². The molecule has 0 saturated carbocycles. The summed E-state index contributed by atoms with van der Waals surface area (Å²) in [4.78, 5) is 1.42. The van der Waals surface area contributed by atoms with Gasteiger partial charge in [0.05, 0.1) is 6.54 Å². The lowest BCUT2D eigenvalue weighted by Crippen LogP contribution is -2.19. The van der Waals surface area contributed by atoms with Crippen LogP contribution in [-0.2, 0) is 13.0 Å². The van der Waals surface area contributed by atoms with E-state index in [1.165, 1.54) is 17.7 Å². The molecule has 0 aliphatic rings. The Labute approximate surface area is 113 Å². The van der Waals surface area contributed by atoms with Gasteiger partial charge in [0.1, 0.15) is 11.5 Å². The molecule has 0 saturated heterocycles. The third-order valence-corrected chi connectivity index (χ3v) is 4.04. The van der Waals surface area contributed by atoms with Crippen LogP contribution in [0.4, 0.5) is 0 Å². The standard InChI is InChI=1S/C15H21NOS/c1-3-6-14(15-7-5-10-18-15)16-11-13-9-8-12(4-2)17-13/h5,7-10,14,16H,3-4,6,11H2,1-2H3. The number of nitrogens with one attached hydrogen (secondary N) is 1. The van der Waals surface area contributed by atoms with Crippen LogP contribution in [0.1, 0.15) is 49.1 Å². The van der Waals surface area contributed by atoms with Crippen molar-refractivity contribution < 1.29 is 4.42 Å². The Balaban J connectivity index is 1.93. The quantitative estimate of drug-likeness (QED) is 0.793. The van der Waals surface area contributed by atoms with E-state index in [9.17, 15) is 0 Å². The van der Waals surface area contributed by atoms with E-state index in [2.05, 4.69) is 48.8 Å². The van der Waals surface area contributed by atoms with Crippen LogP contribution < -0.4 is 5.32 Å². The minimum atomic E-state index is 0.449. The van der Waals surface area contributed by atoms with Gasteiger partial charge in [0.2, 0.25) is 0 Å². The molecule has 1 N–H and O–H groups in total. The molecule has 2 heterocycles. The molecule has 0 amide bonds. The Kier molecular flexibility index (Phi) is 5.02. The Bertz CT molecular complexity index is 447. The molecule has 2 rings (SSSR count). The van der Waals surface area contributed by atoms with E-state index in [1.54, 1.807) is 0 Å². The molecule has 98 valence electrons. The van der Waals surface area contributed by atoms with Crippen molar-refractivity contribution in [1.82, 2.24) is 5.32 Å². The summed E-state index contributed by atoms with van der Waals surface area (Å²) in [5.41, 5.74) is 0. The molecule has 0 aliphatic carbocycles. The molecule has 3 heteroatoms. The number of aryl methyl sites for hydroxylation is 1.